The summed E-state index contributed by atoms with van der Waals surface area (Å²) in [6.07, 6.45) is 8.48. The van der Waals surface area contributed by atoms with Gasteiger partial charge in [0.2, 0.25) is 5.91 Å². The molecular weight excluding hydrogens is 312 g/mol. The van der Waals surface area contributed by atoms with Crippen LogP contribution in [0.4, 0.5) is 11.4 Å². The summed E-state index contributed by atoms with van der Waals surface area (Å²) >= 11 is 0. The summed E-state index contributed by atoms with van der Waals surface area (Å²) in [5.41, 5.74) is 2.12. The summed E-state index contributed by atoms with van der Waals surface area (Å²) in [6.45, 7) is 5.71. The van der Waals surface area contributed by atoms with Gasteiger partial charge in [0.15, 0.2) is 0 Å². The highest BCUT2D eigenvalue weighted by atomic mass is 16.5. The molecule has 2 aliphatic rings. The Morgan fingerprint density at radius 2 is 1.80 bits per heavy atom. The van der Waals surface area contributed by atoms with Crippen molar-refractivity contribution in [2.45, 2.75) is 51.9 Å². The molecule has 1 saturated heterocycles. The zero-order valence-electron chi connectivity index (χ0n) is 15.5. The van der Waals surface area contributed by atoms with Crippen LogP contribution in [0.25, 0.3) is 0 Å². The number of ether oxygens (including phenoxy) is 1. The number of rotatable bonds is 6. The molecule has 25 heavy (non-hydrogen) atoms. The average Bonchev–Trinajstić information content (AvgIpc) is 2.68. The topological polar surface area (TPSA) is 41.6 Å². The molecule has 3 rings (SSSR count). The maximum atomic E-state index is 12.5. The van der Waals surface area contributed by atoms with Gasteiger partial charge in [-0.05, 0) is 55.9 Å². The number of anilines is 2. The van der Waals surface area contributed by atoms with Crippen LogP contribution >= 0.6 is 0 Å². The number of benzene rings is 1. The highest BCUT2D eigenvalue weighted by Crippen LogP contribution is 2.32. The number of hydrogen-bond donors (Lipinski definition) is 1. The van der Waals surface area contributed by atoms with Crippen LogP contribution in [0.3, 0.4) is 0 Å². The van der Waals surface area contributed by atoms with Crippen LogP contribution in [0, 0.1) is 11.8 Å². The largest absolute Gasteiger partial charge is 0.378 e. The first-order chi connectivity index (χ1) is 12.3. The van der Waals surface area contributed by atoms with E-state index in [2.05, 4.69) is 29.3 Å². The highest BCUT2D eigenvalue weighted by Gasteiger charge is 2.26. The van der Waals surface area contributed by atoms with Crippen molar-refractivity contribution in [3.63, 3.8) is 0 Å². The van der Waals surface area contributed by atoms with Crippen molar-refractivity contribution in [2.24, 2.45) is 11.8 Å². The smallest absolute Gasteiger partial charge is 0.227 e. The summed E-state index contributed by atoms with van der Waals surface area (Å²) in [5, 5.41) is 3.12. The van der Waals surface area contributed by atoms with Gasteiger partial charge in [0.25, 0.3) is 0 Å². The Morgan fingerprint density at radius 3 is 2.44 bits per heavy atom. The van der Waals surface area contributed by atoms with Gasteiger partial charge in [-0.1, -0.05) is 26.2 Å². The van der Waals surface area contributed by atoms with Crippen LogP contribution in [0.1, 0.15) is 51.9 Å². The third-order valence-corrected chi connectivity index (χ3v) is 5.69. The molecule has 4 nitrogen and oxygen atoms in total. The van der Waals surface area contributed by atoms with Crippen molar-refractivity contribution in [1.82, 2.24) is 0 Å². The van der Waals surface area contributed by atoms with Crippen LogP contribution < -0.4 is 10.2 Å². The second-order valence-electron chi connectivity index (χ2n) is 7.50. The fourth-order valence-electron chi connectivity index (χ4n) is 4.03. The van der Waals surface area contributed by atoms with Gasteiger partial charge in [0.05, 0.1) is 13.2 Å². The lowest BCUT2D eigenvalue weighted by molar-refractivity contribution is -0.121. The average molecular weight is 344 g/mol. The molecule has 0 aromatic heterocycles. The van der Waals surface area contributed by atoms with Gasteiger partial charge in [-0.2, -0.15) is 0 Å². The Morgan fingerprint density at radius 1 is 1.12 bits per heavy atom. The molecule has 1 aromatic rings. The summed E-state index contributed by atoms with van der Waals surface area (Å²) in [4.78, 5) is 14.9. The minimum absolute atomic E-state index is 0.191. The number of amides is 1. The molecule has 1 heterocycles. The van der Waals surface area contributed by atoms with Crippen LogP contribution in [0.2, 0.25) is 0 Å². The van der Waals surface area contributed by atoms with Gasteiger partial charge in [-0.15, -0.1) is 0 Å². The summed E-state index contributed by atoms with van der Waals surface area (Å²) in [6, 6.07) is 8.25. The maximum absolute atomic E-state index is 12.5. The highest BCUT2D eigenvalue weighted by molar-refractivity contribution is 5.92. The molecule has 0 spiro atoms. The molecule has 0 unspecified atom stereocenters. The molecule has 1 amide bonds. The normalized spacial score (nSPS) is 24.1. The summed E-state index contributed by atoms with van der Waals surface area (Å²) < 4.78 is 5.40. The number of nitrogens with one attached hydrogen (secondary N) is 1. The standard InChI is InChI=1S/C21H32N2O2/c1-2-3-4-17-5-7-18(8-6-17)21(24)22-19-9-11-20(12-10-19)23-13-15-25-16-14-23/h9-12,17-18H,2-8,13-16H2,1H3,(H,22,24). The van der Waals surface area contributed by atoms with Crippen molar-refractivity contribution in [2.75, 3.05) is 36.5 Å². The summed E-state index contributed by atoms with van der Waals surface area (Å²) in [7, 11) is 0. The SMILES string of the molecule is CCCCC1CCC(C(=O)Nc2ccc(N3CCOCC3)cc2)CC1. The molecule has 1 aliphatic heterocycles. The molecule has 0 bridgehead atoms. The Balaban J connectivity index is 1.46. The van der Waals surface area contributed by atoms with E-state index in [9.17, 15) is 4.79 Å². The Hall–Kier alpha value is -1.55. The summed E-state index contributed by atoms with van der Waals surface area (Å²) in [5.74, 6) is 1.24. The van der Waals surface area contributed by atoms with E-state index in [1.54, 1.807) is 0 Å². The van der Waals surface area contributed by atoms with E-state index >= 15 is 0 Å². The van der Waals surface area contributed by atoms with Gasteiger partial charge in [-0.3, -0.25) is 4.79 Å². The molecule has 138 valence electrons. The molecule has 0 radical (unpaired) electrons. The number of carbonyl (C=O) groups is 1. The molecule has 1 aliphatic carbocycles. The van der Waals surface area contributed by atoms with E-state index in [0.717, 1.165) is 50.8 Å². The van der Waals surface area contributed by atoms with Crippen molar-refractivity contribution in [3.8, 4) is 0 Å². The molecule has 4 heteroatoms. The first kappa shape index (κ1) is 18.2. The Kier molecular flexibility index (Phi) is 6.74. The minimum Gasteiger partial charge on any atom is -0.378 e. The predicted octanol–water partition coefficient (Wildman–Crippen LogP) is 4.46. The Bertz CT molecular complexity index is 529. The minimum atomic E-state index is 0.191. The van der Waals surface area contributed by atoms with Crippen LogP contribution in [-0.4, -0.2) is 32.2 Å². The van der Waals surface area contributed by atoms with Crippen LogP contribution in [-0.2, 0) is 9.53 Å². The third-order valence-electron chi connectivity index (χ3n) is 5.69. The predicted molar refractivity (Wildman–Crippen MR) is 103 cm³/mol. The van der Waals surface area contributed by atoms with E-state index in [0.29, 0.717) is 0 Å². The third kappa shape index (κ3) is 5.21. The van der Waals surface area contributed by atoms with Crippen molar-refractivity contribution in [3.05, 3.63) is 24.3 Å². The lowest BCUT2D eigenvalue weighted by Gasteiger charge is -2.29. The van der Waals surface area contributed by atoms with Gasteiger partial charge in [-0.25, -0.2) is 0 Å². The molecular formula is C21H32N2O2. The molecule has 0 atom stereocenters. The fraction of sp³-hybridized carbons (Fsp3) is 0.667. The van der Waals surface area contributed by atoms with Gasteiger partial charge >= 0.3 is 0 Å². The second kappa shape index (κ2) is 9.23. The zero-order chi connectivity index (χ0) is 17.5. The van der Waals surface area contributed by atoms with Crippen LogP contribution in [0.5, 0.6) is 0 Å². The molecule has 1 saturated carbocycles. The first-order valence-electron chi connectivity index (χ1n) is 10.00. The van der Waals surface area contributed by atoms with E-state index in [1.165, 1.54) is 37.8 Å². The number of unbranched alkanes of at least 4 members (excludes halogenated alkanes) is 1. The number of carbonyl (C=O) groups excluding carboxylic acids is 1. The van der Waals surface area contributed by atoms with E-state index in [1.807, 2.05) is 12.1 Å². The van der Waals surface area contributed by atoms with E-state index < -0.39 is 0 Å². The van der Waals surface area contributed by atoms with Crippen molar-refractivity contribution < 1.29 is 9.53 Å². The lowest BCUT2D eigenvalue weighted by Crippen LogP contribution is -2.36. The van der Waals surface area contributed by atoms with Gasteiger partial charge < -0.3 is 15.0 Å². The van der Waals surface area contributed by atoms with E-state index in [-0.39, 0.29) is 11.8 Å². The monoisotopic (exact) mass is 344 g/mol. The molecule has 2 fully saturated rings. The van der Waals surface area contributed by atoms with E-state index in [4.69, 9.17) is 4.74 Å². The zero-order valence-corrected chi connectivity index (χ0v) is 15.5. The maximum Gasteiger partial charge on any atom is 0.227 e. The van der Waals surface area contributed by atoms with Gasteiger partial charge in [0, 0.05) is 30.4 Å². The quantitative estimate of drug-likeness (QED) is 0.828. The lowest BCUT2D eigenvalue weighted by atomic mass is 9.79. The van der Waals surface area contributed by atoms with Gasteiger partial charge in [0.1, 0.15) is 0 Å². The second-order valence-corrected chi connectivity index (χ2v) is 7.50. The fourth-order valence-corrected chi connectivity index (χ4v) is 4.03. The molecule has 1 aromatic carbocycles. The number of hydrogen-bond acceptors (Lipinski definition) is 3. The number of nitrogens with zero attached hydrogens (tertiary/aromatic N) is 1. The van der Waals surface area contributed by atoms with Crippen molar-refractivity contribution >= 4 is 17.3 Å². The van der Waals surface area contributed by atoms with Crippen LogP contribution in [0.15, 0.2) is 24.3 Å². The Labute approximate surface area is 151 Å². The number of morpholine rings is 1. The van der Waals surface area contributed by atoms with Crippen molar-refractivity contribution in [1.29, 1.82) is 0 Å². The first-order valence-corrected chi connectivity index (χ1v) is 10.00. The molecule has 1 N–H and O–H groups in total.